The molecule has 6 heteroatoms. The number of nitrogens with one attached hydrogen (secondary N) is 1. The molecule has 3 rings (SSSR count). The number of H-pyrrole nitrogens is 1. The summed E-state index contributed by atoms with van der Waals surface area (Å²) in [7, 11) is 5.77. The van der Waals surface area contributed by atoms with Gasteiger partial charge in [0, 0.05) is 32.4 Å². The molecule has 0 spiro atoms. The van der Waals surface area contributed by atoms with Gasteiger partial charge in [-0.3, -0.25) is 4.79 Å². The second-order valence-electron chi connectivity index (χ2n) is 7.05. The molecule has 1 amide bonds. The maximum absolute atomic E-state index is 13.2. The van der Waals surface area contributed by atoms with Crippen LogP contribution in [0.25, 0.3) is 11.1 Å². The molecule has 29 heavy (non-hydrogen) atoms. The van der Waals surface area contributed by atoms with E-state index < -0.39 is 0 Å². The molecule has 0 fully saturated rings. The average molecular weight is 394 g/mol. The number of amides is 1. The van der Waals surface area contributed by atoms with Gasteiger partial charge < -0.3 is 9.80 Å². The molecule has 1 aromatic heterocycles. The SMILES string of the molecule is CC.Cc1ccc(-c2cc(C(=O)N(C)Cc3cn[nH]n3)c(C)c(N(C)C)c2)cc1. The molecule has 0 bridgehead atoms. The van der Waals surface area contributed by atoms with E-state index in [1.807, 2.05) is 45.8 Å². The van der Waals surface area contributed by atoms with Crippen molar-refractivity contribution in [3.8, 4) is 11.1 Å². The van der Waals surface area contributed by atoms with Gasteiger partial charge >= 0.3 is 0 Å². The molecule has 0 saturated heterocycles. The summed E-state index contributed by atoms with van der Waals surface area (Å²) in [6, 6.07) is 12.5. The lowest BCUT2D eigenvalue weighted by Crippen LogP contribution is -2.27. The van der Waals surface area contributed by atoms with Crippen LogP contribution in [0.2, 0.25) is 0 Å². The first-order valence-electron chi connectivity index (χ1n) is 9.86. The first kappa shape index (κ1) is 22.1. The van der Waals surface area contributed by atoms with E-state index in [9.17, 15) is 4.79 Å². The molecule has 0 aliphatic rings. The molecule has 3 aromatic rings. The van der Waals surface area contributed by atoms with Crippen LogP contribution in [0, 0.1) is 13.8 Å². The van der Waals surface area contributed by atoms with Crippen molar-refractivity contribution in [3.63, 3.8) is 0 Å². The van der Waals surface area contributed by atoms with Gasteiger partial charge in [0.25, 0.3) is 5.91 Å². The molecule has 0 aliphatic heterocycles. The van der Waals surface area contributed by atoms with E-state index in [0.29, 0.717) is 12.1 Å². The van der Waals surface area contributed by atoms with Gasteiger partial charge in [0.1, 0.15) is 5.69 Å². The molecular formula is C23H31N5O. The Balaban J connectivity index is 0.00000145. The number of carbonyl (C=O) groups excluding carboxylic acids is 1. The summed E-state index contributed by atoms with van der Waals surface area (Å²) in [6.07, 6.45) is 1.63. The molecule has 0 aliphatic carbocycles. The molecular weight excluding hydrogens is 362 g/mol. The summed E-state index contributed by atoms with van der Waals surface area (Å²) in [4.78, 5) is 16.9. The van der Waals surface area contributed by atoms with E-state index in [4.69, 9.17) is 0 Å². The van der Waals surface area contributed by atoms with Gasteiger partial charge in [-0.2, -0.15) is 15.4 Å². The van der Waals surface area contributed by atoms with Crippen LogP contribution in [-0.2, 0) is 6.54 Å². The number of nitrogens with zero attached hydrogens (tertiary/aromatic N) is 4. The first-order chi connectivity index (χ1) is 13.9. The third kappa shape index (κ3) is 5.22. The highest BCUT2D eigenvalue weighted by Crippen LogP contribution is 2.31. The van der Waals surface area contributed by atoms with E-state index in [0.717, 1.165) is 28.1 Å². The Bertz CT molecular complexity index is 931. The number of benzene rings is 2. The van der Waals surface area contributed by atoms with E-state index in [-0.39, 0.29) is 5.91 Å². The quantitative estimate of drug-likeness (QED) is 0.695. The molecule has 2 aromatic carbocycles. The maximum atomic E-state index is 13.2. The summed E-state index contributed by atoms with van der Waals surface area (Å²) in [5.74, 6) is -0.0347. The zero-order valence-electron chi connectivity index (χ0n) is 18.4. The van der Waals surface area contributed by atoms with Crippen molar-refractivity contribution in [2.24, 2.45) is 0 Å². The summed E-state index contributed by atoms with van der Waals surface area (Å²) in [5, 5.41) is 10.4. The van der Waals surface area contributed by atoms with Crippen LogP contribution in [-0.4, -0.2) is 47.4 Å². The minimum atomic E-state index is -0.0347. The van der Waals surface area contributed by atoms with Crippen molar-refractivity contribution >= 4 is 11.6 Å². The Labute approximate surface area is 173 Å². The van der Waals surface area contributed by atoms with Crippen LogP contribution >= 0.6 is 0 Å². The fourth-order valence-corrected chi connectivity index (χ4v) is 3.12. The van der Waals surface area contributed by atoms with Gasteiger partial charge in [0.2, 0.25) is 0 Å². The molecule has 6 nitrogen and oxygen atoms in total. The Morgan fingerprint density at radius 2 is 1.66 bits per heavy atom. The smallest absolute Gasteiger partial charge is 0.254 e. The Kier molecular flexibility index (Phi) is 7.53. The van der Waals surface area contributed by atoms with Gasteiger partial charge in [-0.15, -0.1) is 0 Å². The van der Waals surface area contributed by atoms with Crippen LogP contribution in [0.15, 0.2) is 42.6 Å². The minimum Gasteiger partial charge on any atom is -0.377 e. The number of aromatic amines is 1. The fourth-order valence-electron chi connectivity index (χ4n) is 3.12. The largest absolute Gasteiger partial charge is 0.377 e. The van der Waals surface area contributed by atoms with Crippen LogP contribution in [0.5, 0.6) is 0 Å². The van der Waals surface area contributed by atoms with Crippen LogP contribution in [0.4, 0.5) is 5.69 Å². The van der Waals surface area contributed by atoms with Gasteiger partial charge in [-0.05, 0) is 42.7 Å². The second kappa shape index (κ2) is 9.87. The van der Waals surface area contributed by atoms with Crippen molar-refractivity contribution in [3.05, 3.63) is 65.0 Å². The van der Waals surface area contributed by atoms with Crippen LogP contribution < -0.4 is 4.90 Å². The Morgan fingerprint density at radius 1 is 1.00 bits per heavy atom. The van der Waals surface area contributed by atoms with E-state index in [2.05, 4.69) is 52.7 Å². The highest BCUT2D eigenvalue weighted by atomic mass is 16.2. The highest BCUT2D eigenvalue weighted by molar-refractivity contribution is 5.98. The van der Waals surface area contributed by atoms with Gasteiger partial charge in [-0.25, -0.2) is 0 Å². The summed E-state index contributed by atoms with van der Waals surface area (Å²) in [5.41, 5.74) is 6.76. The third-order valence-corrected chi connectivity index (χ3v) is 4.69. The molecule has 0 saturated carbocycles. The van der Waals surface area contributed by atoms with Crippen molar-refractivity contribution in [2.75, 3.05) is 26.0 Å². The second-order valence-corrected chi connectivity index (χ2v) is 7.05. The number of hydrogen-bond acceptors (Lipinski definition) is 4. The van der Waals surface area contributed by atoms with Gasteiger partial charge in [-0.1, -0.05) is 43.7 Å². The highest BCUT2D eigenvalue weighted by Gasteiger charge is 2.19. The number of rotatable bonds is 5. The first-order valence-corrected chi connectivity index (χ1v) is 9.86. The summed E-state index contributed by atoms with van der Waals surface area (Å²) in [6.45, 7) is 8.46. The number of aromatic nitrogens is 3. The van der Waals surface area contributed by atoms with E-state index in [1.54, 1.807) is 18.1 Å². The van der Waals surface area contributed by atoms with Crippen LogP contribution in [0.1, 0.15) is 41.0 Å². The lowest BCUT2D eigenvalue weighted by Gasteiger charge is -2.23. The lowest BCUT2D eigenvalue weighted by atomic mass is 9.96. The zero-order chi connectivity index (χ0) is 21.6. The van der Waals surface area contributed by atoms with E-state index in [1.165, 1.54) is 5.56 Å². The maximum Gasteiger partial charge on any atom is 0.254 e. The Morgan fingerprint density at radius 3 is 2.21 bits per heavy atom. The monoisotopic (exact) mass is 393 g/mol. The predicted octanol–water partition coefficient (Wildman–Crippen LogP) is 4.45. The predicted molar refractivity (Wildman–Crippen MR) is 119 cm³/mol. The average Bonchev–Trinajstić information content (AvgIpc) is 3.22. The summed E-state index contributed by atoms with van der Waals surface area (Å²) >= 11 is 0. The molecule has 0 radical (unpaired) electrons. The Hall–Kier alpha value is -3.15. The third-order valence-electron chi connectivity index (χ3n) is 4.69. The van der Waals surface area contributed by atoms with Crippen molar-refractivity contribution in [2.45, 2.75) is 34.2 Å². The van der Waals surface area contributed by atoms with Crippen molar-refractivity contribution < 1.29 is 4.79 Å². The van der Waals surface area contributed by atoms with E-state index >= 15 is 0 Å². The molecule has 0 unspecified atom stereocenters. The zero-order valence-corrected chi connectivity index (χ0v) is 18.4. The van der Waals surface area contributed by atoms with Crippen LogP contribution in [0.3, 0.4) is 0 Å². The number of hydrogen-bond donors (Lipinski definition) is 1. The fraction of sp³-hybridized carbons (Fsp3) is 0.348. The number of carbonyl (C=O) groups is 1. The standard InChI is InChI=1S/C21H25N5O.C2H6/c1-14-6-8-16(9-7-14)17-10-19(15(2)20(11-17)25(3)4)21(27)26(5)13-18-12-22-24-23-18;1-2/h6-12H,13H2,1-5H3,(H,22,23,24);1-2H3. The molecule has 1 N–H and O–H groups in total. The summed E-state index contributed by atoms with van der Waals surface area (Å²) < 4.78 is 0. The van der Waals surface area contributed by atoms with Gasteiger partial charge in [0.15, 0.2) is 0 Å². The van der Waals surface area contributed by atoms with Crippen molar-refractivity contribution in [1.29, 1.82) is 0 Å². The normalized spacial score (nSPS) is 10.2. The molecule has 0 atom stereocenters. The topological polar surface area (TPSA) is 65.1 Å². The number of aryl methyl sites for hydroxylation is 1. The van der Waals surface area contributed by atoms with Crippen molar-refractivity contribution in [1.82, 2.24) is 20.3 Å². The van der Waals surface area contributed by atoms with Gasteiger partial charge in [0.05, 0.1) is 12.7 Å². The minimum absolute atomic E-state index is 0.0347. The lowest BCUT2D eigenvalue weighted by molar-refractivity contribution is 0.0783. The number of anilines is 1. The molecule has 1 heterocycles. The molecule has 154 valence electrons.